The van der Waals surface area contributed by atoms with Crippen LogP contribution >= 0.6 is 7.37 Å². The minimum atomic E-state index is -3.15. The van der Waals surface area contributed by atoms with E-state index in [0.717, 1.165) is 0 Å². The molecule has 0 amide bonds. The second kappa shape index (κ2) is 5.40. The van der Waals surface area contributed by atoms with Gasteiger partial charge in [-0.3, -0.25) is 4.57 Å². The maximum atomic E-state index is 12.6. The van der Waals surface area contributed by atoms with Crippen molar-refractivity contribution in [2.24, 2.45) is 5.73 Å². The lowest BCUT2D eigenvalue weighted by Crippen LogP contribution is -2.03. The smallest absolute Gasteiger partial charge is 0.204 e. The van der Waals surface area contributed by atoms with Crippen LogP contribution in [0.2, 0.25) is 0 Å². The van der Waals surface area contributed by atoms with Gasteiger partial charge in [0.2, 0.25) is 7.37 Å². The first kappa shape index (κ1) is 12.4. The minimum absolute atomic E-state index is 0.0906. The predicted octanol–water partition coefficient (Wildman–Crippen LogP) is 1.94. The summed E-state index contributed by atoms with van der Waals surface area (Å²) in [4.78, 5) is 9.57. The molecule has 84 valence electrons. The fourth-order valence-corrected chi connectivity index (χ4v) is 2.91. The second-order valence-electron chi connectivity index (χ2n) is 3.50. The molecule has 0 bridgehead atoms. The Hall–Kier alpha value is -0.700. The van der Waals surface area contributed by atoms with E-state index in [1.54, 1.807) is 0 Å². The Balaban J connectivity index is 2.60. The summed E-state index contributed by atoms with van der Waals surface area (Å²) in [6.07, 6.45) is 0.850. The highest BCUT2D eigenvalue weighted by molar-refractivity contribution is 7.57. The van der Waals surface area contributed by atoms with Crippen molar-refractivity contribution in [3.63, 3.8) is 0 Å². The number of rotatable bonds is 5. The molecule has 1 rings (SSSR count). The SMILES string of the molecule is NCCCP(=O)(O)Cc1ccc(F)cc1. The van der Waals surface area contributed by atoms with E-state index in [4.69, 9.17) is 5.73 Å². The van der Waals surface area contributed by atoms with E-state index in [0.29, 0.717) is 18.5 Å². The second-order valence-corrected chi connectivity index (χ2v) is 5.95. The third-order valence-electron chi connectivity index (χ3n) is 2.05. The Kier molecular flexibility index (Phi) is 4.45. The number of benzene rings is 1. The van der Waals surface area contributed by atoms with E-state index < -0.39 is 7.37 Å². The van der Waals surface area contributed by atoms with Crippen LogP contribution in [0.3, 0.4) is 0 Å². The zero-order valence-electron chi connectivity index (χ0n) is 8.40. The van der Waals surface area contributed by atoms with E-state index in [2.05, 4.69) is 0 Å². The Labute approximate surface area is 88.6 Å². The van der Waals surface area contributed by atoms with Crippen LogP contribution in [0.25, 0.3) is 0 Å². The highest BCUT2D eigenvalue weighted by Gasteiger charge is 2.17. The molecule has 0 saturated carbocycles. The number of hydrogen-bond donors (Lipinski definition) is 2. The Bertz CT molecular complexity index is 353. The topological polar surface area (TPSA) is 63.3 Å². The molecule has 0 aliphatic rings. The lowest BCUT2D eigenvalue weighted by molar-refractivity contribution is 0.475. The van der Waals surface area contributed by atoms with Crippen molar-refractivity contribution in [3.05, 3.63) is 35.6 Å². The average molecular weight is 231 g/mol. The molecule has 0 saturated heterocycles. The van der Waals surface area contributed by atoms with Crippen LogP contribution in [0.1, 0.15) is 12.0 Å². The molecular formula is C10H15FNO2P. The Morgan fingerprint density at radius 3 is 2.47 bits per heavy atom. The van der Waals surface area contributed by atoms with Gasteiger partial charge >= 0.3 is 0 Å². The van der Waals surface area contributed by atoms with E-state index in [1.165, 1.54) is 24.3 Å². The number of hydrogen-bond acceptors (Lipinski definition) is 2. The molecule has 3 N–H and O–H groups in total. The van der Waals surface area contributed by atoms with Gasteiger partial charge in [0.1, 0.15) is 5.82 Å². The lowest BCUT2D eigenvalue weighted by atomic mass is 10.2. The van der Waals surface area contributed by atoms with Gasteiger partial charge in [0, 0.05) is 12.3 Å². The summed E-state index contributed by atoms with van der Waals surface area (Å²) in [5, 5.41) is 0. The van der Waals surface area contributed by atoms with E-state index in [9.17, 15) is 13.8 Å². The zero-order chi connectivity index (χ0) is 11.3. The maximum absolute atomic E-state index is 12.6. The van der Waals surface area contributed by atoms with Crippen LogP contribution < -0.4 is 5.73 Å². The third-order valence-corrected chi connectivity index (χ3v) is 3.93. The van der Waals surface area contributed by atoms with Crippen molar-refractivity contribution in [1.82, 2.24) is 0 Å². The molecule has 1 aromatic rings. The standard InChI is InChI=1S/C10H15FNO2P/c11-10-4-2-9(3-5-10)8-15(13,14)7-1-6-12/h2-5H,1,6-8,12H2,(H,13,14). The fourth-order valence-electron chi connectivity index (χ4n) is 1.29. The van der Waals surface area contributed by atoms with Crippen molar-refractivity contribution in [2.75, 3.05) is 12.7 Å². The molecule has 3 nitrogen and oxygen atoms in total. The molecule has 15 heavy (non-hydrogen) atoms. The van der Waals surface area contributed by atoms with Gasteiger partial charge < -0.3 is 10.6 Å². The predicted molar refractivity (Wildman–Crippen MR) is 58.5 cm³/mol. The van der Waals surface area contributed by atoms with Gasteiger partial charge in [-0.2, -0.15) is 0 Å². The van der Waals surface area contributed by atoms with Gasteiger partial charge in [0.05, 0.1) is 0 Å². The lowest BCUT2D eigenvalue weighted by Gasteiger charge is -2.10. The van der Waals surface area contributed by atoms with E-state index in [-0.39, 0.29) is 18.1 Å². The van der Waals surface area contributed by atoms with Crippen molar-refractivity contribution in [2.45, 2.75) is 12.6 Å². The molecule has 0 spiro atoms. The minimum Gasteiger partial charge on any atom is -0.344 e. The third kappa shape index (κ3) is 4.56. The van der Waals surface area contributed by atoms with Crippen molar-refractivity contribution in [3.8, 4) is 0 Å². The molecule has 5 heteroatoms. The summed E-state index contributed by atoms with van der Waals surface area (Å²) in [5.74, 6) is -0.339. The molecule has 0 aliphatic heterocycles. The van der Waals surface area contributed by atoms with Gasteiger partial charge in [-0.1, -0.05) is 12.1 Å². The van der Waals surface area contributed by atoms with Gasteiger partial charge in [0.15, 0.2) is 0 Å². The fraction of sp³-hybridized carbons (Fsp3) is 0.400. The molecule has 0 radical (unpaired) electrons. The monoisotopic (exact) mass is 231 g/mol. The van der Waals surface area contributed by atoms with Gasteiger partial charge in [-0.25, -0.2) is 4.39 Å². The van der Waals surface area contributed by atoms with Crippen LogP contribution in [-0.2, 0) is 10.7 Å². The van der Waals surface area contributed by atoms with Crippen LogP contribution in [-0.4, -0.2) is 17.6 Å². The first-order valence-electron chi connectivity index (χ1n) is 4.79. The van der Waals surface area contributed by atoms with Crippen molar-refractivity contribution < 1.29 is 13.8 Å². The summed E-state index contributed by atoms with van der Waals surface area (Å²) < 4.78 is 24.2. The first-order chi connectivity index (χ1) is 7.03. The quantitative estimate of drug-likeness (QED) is 0.761. The molecule has 0 aromatic heterocycles. The summed E-state index contributed by atoms with van der Waals surface area (Å²) in [5.41, 5.74) is 5.95. The molecule has 1 atom stereocenters. The highest BCUT2D eigenvalue weighted by Crippen LogP contribution is 2.44. The first-order valence-corrected chi connectivity index (χ1v) is 6.82. The summed E-state index contributed by atoms with van der Waals surface area (Å²) in [6.45, 7) is 0.411. The molecule has 1 aromatic carbocycles. The molecule has 0 fully saturated rings. The van der Waals surface area contributed by atoms with E-state index >= 15 is 0 Å². The Morgan fingerprint density at radius 2 is 1.93 bits per heavy atom. The van der Waals surface area contributed by atoms with Crippen molar-refractivity contribution >= 4 is 7.37 Å². The normalized spacial score (nSPS) is 14.9. The maximum Gasteiger partial charge on any atom is 0.204 e. The van der Waals surface area contributed by atoms with Crippen LogP contribution in [0.4, 0.5) is 4.39 Å². The summed E-state index contributed by atoms with van der Waals surface area (Å²) in [7, 11) is -3.15. The highest BCUT2D eigenvalue weighted by atomic mass is 31.2. The molecular weight excluding hydrogens is 216 g/mol. The largest absolute Gasteiger partial charge is 0.344 e. The van der Waals surface area contributed by atoms with Gasteiger partial charge in [-0.05, 0) is 30.7 Å². The van der Waals surface area contributed by atoms with E-state index in [1.807, 2.05) is 0 Å². The van der Waals surface area contributed by atoms with Gasteiger partial charge in [-0.15, -0.1) is 0 Å². The van der Waals surface area contributed by atoms with Crippen molar-refractivity contribution in [1.29, 1.82) is 0 Å². The number of nitrogens with two attached hydrogens (primary N) is 1. The zero-order valence-corrected chi connectivity index (χ0v) is 9.29. The van der Waals surface area contributed by atoms with Crippen LogP contribution in [0.15, 0.2) is 24.3 Å². The Morgan fingerprint density at radius 1 is 1.33 bits per heavy atom. The average Bonchev–Trinajstić information content (AvgIpc) is 2.18. The number of halogens is 1. The molecule has 1 unspecified atom stereocenters. The molecule has 0 aliphatic carbocycles. The van der Waals surface area contributed by atoms with Crippen LogP contribution in [0, 0.1) is 5.82 Å². The summed E-state index contributed by atoms with van der Waals surface area (Å²) >= 11 is 0. The summed E-state index contributed by atoms with van der Waals surface area (Å²) in [6, 6.07) is 5.64. The van der Waals surface area contributed by atoms with Gasteiger partial charge in [0.25, 0.3) is 0 Å². The van der Waals surface area contributed by atoms with Crippen LogP contribution in [0.5, 0.6) is 0 Å². The molecule has 0 heterocycles.